The Labute approximate surface area is 78.8 Å². The van der Waals surface area contributed by atoms with Gasteiger partial charge < -0.3 is 0 Å². The first-order valence-corrected chi connectivity index (χ1v) is 5.08. The van der Waals surface area contributed by atoms with Crippen molar-refractivity contribution < 1.29 is 9.63 Å². The fraction of sp³-hybridized carbons (Fsp3) is 0.900. The van der Waals surface area contributed by atoms with E-state index in [1.165, 1.54) is 6.42 Å². The van der Waals surface area contributed by atoms with Crippen molar-refractivity contribution in [2.24, 2.45) is 17.3 Å². The summed E-state index contributed by atoms with van der Waals surface area (Å²) in [6.45, 7) is 4.46. The fourth-order valence-electron chi connectivity index (χ4n) is 2.50. The maximum Gasteiger partial charge on any atom is 0.249 e. The van der Waals surface area contributed by atoms with Crippen LogP contribution in [0.1, 0.15) is 33.1 Å². The highest BCUT2D eigenvalue weighted by molar-refractivity contribution is 5.81. The quantitative estimate of drug-likeness (QED) is 0.673. The van der Waals surface area contributed by atoms with E-state index in [9.17, 15) is 4.79 Å². The van der Waals surface area contributed by atoms with Crippen molar-refractivity contribution in [2.45, 2.75) is 33.1 Å². The first kappa shape index (κ1) is 9.00. The number of rotatable bonds is 3. The summed E-state index contributed by atoms with van der Waals surface area (Å²) in [6.07, 6.45) is 3.45. The van der Waals surface area contributed by atoms with Crippen molar-refractivity contribution in [3.63, 3.8) is 0 Å². The van der Waals surface area contributed by atoms with Gasteiger partial charge in [0.25, 0.3) is 0 Å². The van der Waals surface area contributed by atoms with Crippen LogP contribution in [0.15, 0.2) is 0 Å². The van der Waals surface area contributed by atoms with Gasteiger partial charge in [0.2, 0.25) is 5.91 Å². The van der Waals surface area contributed by atoms with Gasteiger partial charge in [-0.3, -0.25) is 9.63 Å². The van der Waals surface area contributed by atoms with Crippen molar-refractivity contribution in [3.05, 3.63) is 0 Å². The van der Waals surface area contributed by atoms with E-state index in [2.05, 4.69) is 5.48 Å². The lowest BCUT2D eigenvalue weighted by Gasteiger charge is -2.23. The van der Waals surface area contributed by atoms with Crippen molar-refractivity contribution in [2.75, 3.05) is 6.61 Å². The summed E-state index contributed by atoms with van der Waals surface area (Å²) in [5.74, 6) is 1.73. The molecule has 0 aliphatic heterocycles. The third-order valence-corrected chi connectivity index (χ3v) is 3.35. The lowest BCUT2D eigenvalue weighted by atomic mass is 9.84. The fourth-order valence-corrected chi connectivity index (χ4v) is 2.50. The van der Waals surface area contributed by atoms with E-state index in [0.29, 0.717) is 6.61 Å². The SMILES string of the molecule is CCONC(=O)C1(C)CC2CC2C1. The second-order valence-electron chi connectivity index (χ2n) is 4.59. The van der Waals surface area contributed by atoms with Crippen molar-refractivity contribution >= 4 is 5.91 Å². The highest BCUT2D eigenvalue weighted by Gasteiger charge is 2.54. The molecule has 3 heteroatoms. The first-order chi connectivity index (χ1) is 6.15. The van der Waals surface area contributed by atoms with Gasteiger partial charge in [-0.15, -0.1) is 0 Å². The molecule has 2 unspecified atom stereocenters. The Morgan fingerprint density at radius 3 is 2.69 bits per heavy atom. The van der Waals surface area contributed by atoms with E-state index in [1.54, 1.807) is 0 Å². The minimum absolute atomic E-state index is 0.0709. The van der Waals surface area contributed by atoms with Gasteiger partial charge in [-0.25, -0.2) is 5.48 Å². The van der Waals surface area contributed by atoms with Crippen LogP contribution in [0, 0.1) is 17.3 Å². The summed E-state index contributed by atoms with van der Waals surface area (Å²) in [7, 11) is 0. The topological polar surface area (TPSA) is 38.3 Å². The van der Waals surface area contributed by atoms with Crippen LogP contribution in [0.2, 0.25) is 0 Å². The lowest BCUT2D eigenvalue weighted by molar-refractivity contribution is -0.143. The van der Waals surface area contributed by atoms with E-state index in [4.69, 9.17) is 4.84 Å². The Balaban J connectivity index is 1.88. The van der Waals surface area contributed by atoms with Crippen LogP contribution in [0.4, 0.5) is 0 Å². The van der Waals surface area contributed by atoms with Crippen LogP contribution in [0.25, 0.3) is 0 Å². The summed E-state index contributed by atoms with van der Waals surface area (Å²) < 4.78 is 0. The van der Waals surface area contributed by atoms with Gasteiger partial charge in [0, 0.05) is 5.41 Å². The van der Waals surface area contributed by atoms with Crippen LogP contribution in [0.3, 0.4) is 0 Å². The smallest absolute Gasteiger partial charge is 0.249 e. The molecule has 0 radical (unpaired) electrons. The summed E-state index contributed by atoms with van der Waals surface area (Å²) in [6, 6.07) is 0. The molecule has 0 aromatic rings. The number of carbonyl (C=O) groups excluding carboxylic acids is 1. The molecule has 2 aliphatic carbocycles. The second-order valence-corrected chi connectivity index (χ2v) is 4.59. The predicted molar refractivity (Wildman–Crippen MR) is 48.7 cm³/mol. The van der Waals surface area contributed by atoms with Gasteiger partial charge in [0.15, 0.2) is 0 Å². The summed E-state index contributed by atoms with van der Waals surface area (Å²) in [5.41, 5.74) is 2.37. The average Bonchev–Trinajstić information content (AvgIpc) is 2.71. The minimum Gasteiger partial charge on any atom is -0.274 e. The summed E-state index contributed by atoms with van der Waals surface area (Å²) >= 11 is 0. The number of hydroxylamine groups is 1. The van der Waals surface area contributed by atoms with E-state index >= 15 is 0 Å². The van der Waals surface area contributed by atoms with Crippen LogP contribution >= 0.6 is 0 Å². The second kappa shape index (κ2) is 2.98. The molecular formula is C10H17NO2. The van der Waals surface area contributed by atoms with Gasteiger partial charge >= 0.3 is 0 Å². The molecule has 0 heterocycles. The Hall–Kier alpha value is -0.570. The number of hydrogen-bond acceptors (Lipinski definition) is 2. The molecule has 0 bridgehead atoms. The van der Waals surface area contributed by atoms with Crippen molar-refractivity contribution in [3.8, 4) is 0 Å². The van der Waals surface area contributed by atoms with E-state index < -0.39 is 0 Å². The summed E-state index contributed by atoms with van der Waals surface area (Å²) in [5, 5.41) is 0. The zero-order valence-corrected chi connectivity index (χ0v) is 8.30. The van der Waals surface area contributed by atoms with Crippen LogP contribution in [0.5, 0.6) is 0 Å². The molecule has 0 spiro atoms. The Morgan fingerprint density at radius 1 is 1.54 bits per heavy atom. The van der Waals surface area contributed by atoms with E-state index in [0.717, 1.165) is 24.7 Å². The molecule has 2 fully saturated rings. The van der Waals surface area contributed by atoms with Crippen molar-refractivity contribution in [1.29, 1.82) is 0 Å². The third kappa shape index (κ3) is 1.57. The van der Waals surface area contributed by atoms with Gasteiger partial charge in [-0.05, 0) is 38.0 Å². The molecular weight excluding hydrogens is 166 g/mol. The molecule has 2 atom stereocenters. The Morgan fingerprint density at radius 2 is 2.15 bits per heavy atom. The molecule has 3 nitrogen and oxygen atoms in total. The molecule has 74 valence electrons. The summed E-state index contributed by atoms with van der Waals surface area (Å²) in [4.78, 5) is 16.6. The van der Waals surface area contributed by atoms with Crippen LogP contribution in [-0.2, 0) is 9.63 Å². The molecule has 0 aromatic heterocycles. The number of hydrogen-bond donors (Lipinski definition) is 1. The van der Waals surface area contributed by atoms with Gasteiger partial charge in [0.05, 0.1) is 6.61 Å². The number of carbonyl (C=O) groups is 1. The number of fused-ring (bicyclic) bond motifs is 1. The van der Waals surface area contributed by atoms with E-state index in [-0.39, 0.29) is 11.3 Å². The van der Waals surface area contributed by atoms with E-state index in [1.807, 2.05) is 13.8 Å². The standard InChI is InChI=1S/C10H17NO2/c1-3-13-11-9(12)10(2)5-7-4-8(7)6-10/h7-8H,3-6H2,1-2H3,(H,11,12). The van der Waals surface area contributed by atoms with Gasteiger partial charge in [-0.1, -0.05) is 6.92 Å². The molecule has 0 aromatic carbocycles. The molecule has 2 aliphatic rings. The molecule has 1 amide bonds. The molecule has 2 rings (SSSR count). The highest BCUT2D eigenvalue weighted by Crippen LogP contribution is 2.59. The number of nitrogens with one attached hydrogen (secondary N) is 1. The predicted octanol–water partition coefficient (Wildman–Crippen LogP) is 1.49. The zero-order chi connectivity index (χ0) is 9.47. The normalized spacial score (nSPS) is 41.4. The molecule has 1 N–H and O–H groups in total. The lowest BCUT2D eigenvalue weighted by Crippen LogP contribution is -2.38. The maximum absolute atomic E-state index is 11.7. The monoisotopic (exact) mass is 183 g/mol. The maximum atomic E-state index is 11.7. The Bertz CT molecular complexity index is 217. The molecule has 0 saturated heterocycles. The zero-order valence-electron chi connectivity index (χ0n) is 8.30. The molecule has 2 saturated carbocycles. The number of amides is 1. The van der Waals surface area contributed by atoms with Crippen LogP contribution in [-0.4, -0.2) is 12.5 Å². The van der Waals surface area contributed by atoms with Crippen molar-refractivity contribution in [1.82, 2.24) is 5.48 Å². The largest absolute Gasteiger partial charge is 0.274 e. The van der Waals surface area contributed by atoms with Gasteiger partial charge in [-0.2, -0.15) is 0 Å². The van der Waals surface area contributed by atoms with Gasteiger partial charge in [0.1, 0.15) is 0 Å². The third-order valence-electron chi connectivity index (χ3n) is 3.35. The highest BCUT2D eigenvalue weighted by atomic mass is 16.6. The average molecular weight is 183 g/mol. The minimum atomic E-state index is -0.150. The molecule has 13 heavy (non-hydrogen) atoms. The first-order valence-electron chi connectivity index (χ1n) is 5.08. The van der Waals surface area contributed by atoms with Crippen LogP contribution < -0.4 is 5.48 Å². The Kier molecular flexibility index (Phi) is 2.06.